The number of hydrogen-bond donors (Lipinski definition) is 0. The van der Waals surface area contributed by atoms with Gasteiger partial charge in [0.25, 0.3) is 0 Å². The van der Waals surface area contributed by atoms with Crippen LogP contribution in [0.1, 0.15) is 25.3 Å². The van der Waals surface area contributed by atoms with Gasteiger partial charge in [-0.05, 0) is 56.3 Å². The van der Waals surface area contributed by atoms with E-state index in [1.165, 1.54) is 0 Å². The lowest BCUT2D eigenvalue weighted by Crippen LogP contribution is -2.34. The first kappa shape index (κ1) is 14.1. The molecule has 0 radical (unpaired) electrons. The molecule has 1 aliphatic carbocycles. The Labute approximate surface area is 125 Å². The topological polar surface area (TPSA) is 38.8 Å². The van der Waals surface area contributed by atoms with Gasteiger partial charge in [0.2, 0.25) is 6.79 Å². The summed E-state index contributed by atoms with van der Waals surface area (Å²) in [6.07, 6.45) is 3.75. The van der Waals surface area contributed by atoms with Crippen molar-refractivity contribution in [3.05, 3.63) is 29.3 Å². The minimum Gasteiger partial charge on any atom is -0.454 e. The van der Waals surface area contributed by atoms with Gasteiger partial charge in [0.1, 0.15) is 0 Å². The summed E-state index contributed by atoms with van der Waals surface area (Å²) < 4.78 is 10.7. The van der Waals surface area contributed by atoms with Crippen LogP contribution in [0.4, 0.5) is 0 Å². The van der Waals surface area contributed by atoms with Crippen LogP contribution in [0.5, 0.6) is 11.5 Å². The highest BCUT2D eigenvalue weighted by atomic mass is 16.7. The molecule has 0 aromatic heterocycles. The molecular weight excluding hydrogens is 266 g/mol. The Kier molecular flexibility index (Phi) is 3.49. The molecule has 0 bridgehead atoms. The first-order valence-corrected chi connectivity index (χ1v) is 7.28. The summed E-state index contributed by atoms with van der Waals surface area (Å²) in [4.78, 5) is 14.7. The fourth-order valence-electron chi connectivity index (χ4n) is 3.22. The molecule has 0 saturated heterocycles. The average molecular weight is 287 g/mol. The smallest absolute Gasteiger partial charge is 0.231 e. The molecule has 21 heavy (non-hydrogen) atoms. The van der Waals surface area contributed by atoms with E-state index in [-0.39, 0.29) is 18.0 Å². The number of Topliss-reactive ketones (excluding diaryl/α,β-unsaturated/α-hetero) is 1. The van der Waals surface area contributed by atoms with Gasteiger partial charge in [-0.25, -0.2) is 0 Å². The van der Waals surface area contributed by atoms with Crippen molar-refractivity contribution in [3.8, 4) is 11.5 Å². The highest BCUT2D eigenvalue weighted by Gasteiger charge is 2.40. The monoisotopic (exact) mass is 287 g/mol. The van der Waals surface area contributed by atoms with Gasteiger partial charge >= 0.3 is 0 Å². The van der Waals surface area contributed by atoms with E-state index in [2.05, 4.69) is 11.8 Å². The van der Waals surface area contributed by atoms with E-state index >= 15 is 0 Å². The molecule has 2 aliphatic rings. The lowest BCUT2D eigenvalue weighted by molar-refractivity contribution is -0.122. The second-order valence-electron chi connectivity index (χ2n) is 6.41. The van der Waals surface area contributed by atoms with Crippen LogP contribution in [0.3, 0.4) is 0 Å². The Balaban J connectivity index is 1.83. The molecule has 1 aliphatic heterocycles. The molecule has 0 spiro atoms. The van der Waals surface area contributed by atoms with Crippen molar-refractivity contribution in [3.63, 3.8) is 0 Å². The molecule has 1 fully saturated rings. The second-order valence-corrected chi connectivity index (χ2v) is 6.41. The van der Waals surface area contributed by atoms with Gasteiger partial charge in [0, 0.05) is 12.0 Å². The van der Waals surface area contributed by atoms with Crippen LogP contribution in [-0.4, -0.2) is 38.1 Å². The van der Waals surface area contributed by atoms with Gasteiger partial charge in [-0.3, -0.25) is 4.79 Å². The first-order chi connectivity index (χ1) is 9.98. The maximum atomic E-state index is 12.6. The quantitative estimate of drug-likeness (QED) is 0.801. The summed E-state index contributed by atoms with van der Waals surface area (Å²) in [5.74, 6) is 1.80. The van der Waals surface area contributed by atoms with Crippen LogP contribution in [0.25, 0.3) is 6.08 Å². The van der Waals surface area contributed by atoms with E-state index < -0.39 is 0 Å². The molecule has 0 N–H and O–H groups in total. The molecule has 1 aromatic rings. The number of rotatable bonds is 3. The summed E-state index contributed by atoms with van der Waals surface area (Å²) in [7, 11) is 4.02. The fourth-order valence-corrected chi connectivity index (χ4v) is 3.22. The Morgan fingerprint density at radius 2 is 2.05 bits per heavy atom. The zero-order valence-electron chi connectivity index (χ0n) is 12.8. The Morgan fingerprint density at radius 3 is 2.81 bits per heavy atom. The summed E-state index contributed by atoms with van der Waals surface area (Å²) in [6, 6.07) is 5.80. The Hall–Kier alpha value is -1.81. The van der Waals surface area contributed by atoms with Crippen LogP contribution < -0.4 is 9.47 Å². The number of ether oxygens (including phenoxy) is 2. The van der Waals surface area contributed by atoms with Crippen molar-refractivity contribution in [2.24, 2.45) is 5.41 Å². The molecule has 4 heteroatoms. The Bertz CT molecular complexity index is 606. The van der Waals surface area contributed by atoms with Gasteiger partial charge in [0.05, 0.1) is 0 Å². The second kappa shape index (κ2) is 5.19. The van der Waals surface area contributed by atoms with Crippen molar-refractivity contribution in [2.75, 3.05) is 27.4 Å². The lowest BCUT2D eigenvalue weighted by Gasteiger charge is -2.25. The highest BCUT2D eigenvalue weighted by molar-refractivity contribution is 6.05. The summed E-state index contributed by atoms with van der Waals surface area (Å²) in [5.41, 5.74) is 1.65. The van der Waals surface area contributed by atoms with Gasteiger partial charge in [0.15, 0.2) is 17.3 Å². The van der Waals surface area contributed by atoms with Crippen molar-refractivity contribution in [2.45, 2.75) is 19.8 Å². The molecule has 1 atom stereocenters. The lowest BCUT2D eigenvalue weighted by atomic mass is 9.86. The SMILES string of the molecule is CN(C)CC1(C)CCC(=Cc2ccc3c(c2)OCO3)C1=O. The molecule has 1 heterocycles. The number of benzene rings is 1. The third-order valence-corrected chi connectivity index (χ3v) is 4.19. The molecular formula is C17H21NO3. The van der Waals surface area contributed by atoms with Crippen LogP contribution >= 0.6 is 0 Å². The van der Waals surface area contributed by atoms with Gasteiger partial charge in [-0.2, -0.15) is 0 Å². The van der Waals surface area contributed by atoms with E-state index in [0.717, 1.165) is 42.0 Å². The third kappa shape index (κ3) is 2.68. The minimum atomic E-state index is -0.258. The number of hydrogen-bond acceptors (Lipinski definition) is 4. The highest BCUT2D eigenvalue weighted by Crippen LogP contribution is 2.40. The van der Waals surface area contributed by atoms with Crippen molar-refractivity contribution >= 4 is 11.9 Å². The van der Waals surface area contributed by atoms with Crippen molar-refractivity contribution < 1.29 is 14.3 Å². The molecule has 0 amide bonds. The van der Waals surface area contributed by atoms with Crippen LogP contribution in [0, 0.1) is 5.41 Å². The van der Waals surface area contributed by atoms with Crippen LogP contribution in [0.2, 0.25) is 0 Å². The molecule has 112 valence electrons. The van der Waals surface area contributed by atoms with Crippen molar-refractivity contribution in [1.82, 2.24) is 4.90 Å². The van der Waals surface area contributed by atoms with Gasteiger partial charge in [-0.1, -0.05) is 13.0 Å². The van der Waals surface area contributed by atoms with E-state index in [1.807, 2.05) is 38.4 Å². The van der Waals surface area contributed by atoms with Gasteiger partial charge < -0.3 is 14.4 Å². The average Bonchev–Trinajstić information content (AvgIpc) is 2.98. The molecule has 1 aromatic carbocycles. The third-order valence-electron chi connectivity index (χ3n) is 4.19. The molecule has 3 rings (SSSR count). The Morgan fingerprint density at radius 1 is 1.29 bits per heavy atom. The number of allylic oxidation sites excluding steroid dienone is 1. The normalized spacial score (nSPS) is 26.1. The molecule has 1 saturated carbocycles. The summed E-state index contributed by atoms with van der Waals surface area (Å²) in [5, 5.41) is 0. The first-order valence-electron chi connectivity index (χ1n) is 7.28. The van der Waals surface area contributed by atoms with E-state index in [4.69, 9.17) is 9.47 Å². The number of carbonyl (C=O) groups is 1. The predicted molar refractivity (Wildman–Crippen MR) is 81.4 cm³/mol. The molecule has 1 unspecified atom stereocenters. The summed E-state index contributed by atoms with van der Waals surface area (Å²) >= 11 is 0. The fraction of sp³-hybridized carbons (Fsp3) is 0.471. The maximum Gasteiger partial charge on any atom is 0.231 e. The predicted octanol–water partition coefficient (Wildman–Crippen LogP) is 2.73. The number of ketones is 1. The maximum absolute atomic E-state index is 12.6. The summed E-state index contributed by atoms with van der Waals surface area (Å²) in [6.45, 7) is 3.13. The van der Waals surface area contributed by atoms with Crippen LogP contribution in [0.15, 0.2) is 23.8 Å². The minimum absolute atomic E-state index is 0.258. The molecule has 4 nitrogen and oxygen atoms in total. The van der Waals surface area contributed by atoms with E-state index in [9.17, 15) is 4.79 Å². The van der Waals surface area contributed by atoms with Crippen LogP contribution in [-0.2, 0) is 4.79 Å². The van der Waals surface area contributed by atoms with E-state index in [0.29, 0.717) is 0 Å². The van der Waals surface area contributed by atoms with Crippen molar-refractivity contribution in [1.29, 1.82) is 0 Å². The van der Waals surface area contributed by atoms with Gasteiger partial charge in [-0.15, -0.1) is 0 Å². The number of fused-ring (bicyclic) bond motifs is 1. The number of carbonyl (C=O) groups excluding carboxylic acids is 1. The zero-order chi connectivity index (χ0) is 15.0. The zero-order valence-corrected chi connectivity index (χ0v) is 12.8. The number of nitrogens with zero attached hydrogens (tertiary/aromatic N) is 1. The standard InChI is InChI=1S/C17H21NO3/c1-17(10-18(2)3)7-6-13(16(17)19)8-12-4-5-14-15(9-12)21-11-20-14/h4-5,8-9H,6-7,10-11H2,1-3H3. The van der Waals surface area contributed by atoms with E-state index in [1.54, 1.807) is 0 Å². The largest absolute Gasteiger partial charge is 0.454 e.